The van der Waals surface area contributed by atoms with E-state index in [-0.39, 0.29) is 24.2 Å². The first-order valence-corrected chi connectivity index (χ1v) is 11.6. The average molecular weight is 497 g/mol. The van der Waals surface area contributed by atoms with Gasteiger partial charge in [0.05, 0.1) is 12.1 Å². The predicted octanol–water partition coefficient (Wildman–Crippen LogP) is 4.56. The van der Waals surface area contributed by atoms with Crippen LogP contribution in [0.5, 0.6) is 0 Å². The van der Waals surface area contributed by atoms with Crippen LogP contribution in [0, 0.1) is 0 Å². The number of nitrogens with zero attached hydrogens (tertiary/aromatic N) is 4. The molecule has 9 heteroatoms. The molecule has 0 bridgehead atoms. The van der Waals surface area contributed by atoms with Crippen molar-refractivity contribution in [3.05, 3.63) is 124 Å². The van der Waals surface area contributed by atoms with Crippen molar-refractivity contribution in [2.24, 2.45) is 0 Å². The molecule has 0 spiro atoms. The van der Waals surface area contributed by atoms with E-state index in [1.807, 2.05) is 48.5 Å². The maximum Gasteiger partial charge on any atom is 0.263 e. The molecule has 8 nitrogen and oxygen atoms in total. The predicted molar refractivity (Wildman–Crippen MR) is 139 cm³/mol. The quantitative estimate of drug-likeness (QED) is 0.320. The summed E-state index contributed by atoms with van der Waals surface area (Å²) < 4.78 is 1.47. The second kappa shape index (κ2) is 10.4. The Morgan fingerprint density at radius 2 is 1.75 bits per heavy atom. The van der Waals surface area contributed by atoms with Crippen molar-refractivity contribution in [1.82, 2.24) is 24.8 Å². The van der Waals surface area contributed by atoms with E-state index < -0.39 is 5.91 Å². The number of anilines is 2. The Balaban J connectivity index is 1.26. The van der Waals surface area contributed by atoms with E-state index in [0.717, 1.165) is 27.7 Å². The van der Waals surface area contributed by atoms with Crippen LogP contribution in [0.15, 0.2) is 96.2 Å². The summed E-state index contributed by atoms with van der Waals surface area (Å²) in [5.74, 6) is 0.0619. The number of benzene rings is 2. The lowest BCUT2D eigenvalue weighted by molar-refractivity contribution is 0.0949. The molecular weight excluding hydrogens is 476 g/mol. The molecule has 3 aromatic heterocycles. The highest BCUT2D eigenvalue weighted by Crippen LogP contribution is 2.18. The third-order valence-electron chi connectivity index (χ3n) is 5.53. The average Bonchev–Trinajstić information content (AvgIpc) is 2.90. The largest absolute Gasteiger partial charge is 0.348 e. The molecule has 0 aliphatic rings. The summed E-state index contributed by atoms with van der Waals surface area (Å²) in [4.78, 5) is 38.6. The molecule has 0 aliphatic heterocycles. The van der Waals surface area contributed by atoms with Crippen LogP contribution in [-0.4, -0.2) is 25.4 Å². The van der Waals surface area contributed by atoms with E-state index in [0.29, 0.717) is 11.1 Å². The van der Waals surface area contributed by atoms with Crippen molar-refractivity contribution in [3.8, 4) is 0 Å². The number of amides is 1. The zero-order valence-corrected chi connectivity index (χ0v) is 19.8. The van der Waals surface area contributed by atoms with Gasteiger partial charge in [-0.15, -0.1) is 0 Å². The minimum absolute atomic E-state index is 0.0696. The molecule has 5 rings (SSSR count). The molecule has 0 fully saturated rings. The van der Waals surface area contributed by atoms with Crippen molar-refractivity contribution in [3.63, 3.8) is 0 Å². The highest BCUT2D eigenvalue weighted by Gasteiger charge is 2.13. The third kappa shape index (κ3) is 5.39. The molecule has 2 N–H and O–H groups in total. The molecule has 178 valence electrons. The van der Waals surface area contributed by atoms with Crippen LogP contribution in [-0.2, 0) is 13.1 Å². The number of fused-ring (bicyclic) bond motifs is 1. The van der Waals surface area contributed by atoms with Gasteiger partial charge in [0.2, 0.25) is 5.95 Å². The van der Waals surface area contributed by atoms with Crippen molar-refractivity contribution in [2.75, 3.05) is 5.32 Å². The Morgan fingerprint density at radius 1 is 0.917 bits per heavy atom. The van der Waals surface area contributed by atoms with Gasteiger partial charge in [-0.25, -0.2) is 15.0 Å². The van der Waals surface area contributed by atoms with Gasteiger partial charge < -0.3 is 15.2 Å². The maximum atomic E-state index is 12.9. The molecule has 5 aromatic rings. The van der Waals surface area contributed by atoms with E-state index in [9.17, 15) is 9.59 Å². The van der Waals surface area contributed by atoms with Gasteiger partial charge in [0.25, 0.3) is 11.5 Å². The Kier molecular flexibility index (Phi) is 6.68. The first-order valence-electron chi connectivity index (χ1n) is 11.2. The van der Waals surface area contributed by atoms with Crippen molar-refractivity contribution in [2.45, 2.75) is 13.1 Å². The molecule has 0 saturated carbocycles. The van der Waals surface area contributed by atoms with Gasteiger partial charge in [-0.05, 0) is 53.6 Å². The normalized spacial score (nSPS) is 10.8. The standard InChI is InChI=1S/C27H21ClN6O2/c28-24-11-9-19(15-29-24)17-34-12-4-7-22(26(34)36)25(35)30-14-18-8-10-23-20(13-18)16-31-27(33-23)32-21-5-2-1-3-6-21/h1-13,15-16H,14,17H2,(H,30,35)(H,31,32,33). The summed E-state index contributed by atoms with van der Waals surface area (Å²) in [5.41, 5.74) is 3.05. The number of aromatic nitrogens is 4. The molecule has 1 amide bonds. The zero-order chi connectivity index (χ0) is 24.9. The lowest BCUT2D eigenvalue weighted by Gasteiger charge is -2.10. The zero-order valence-electron chi connectivity index (χ0n) is 19.1. The number of pyridine rings is 2. The van der Waals surface area contributed by atoms with E-state index in [4.69, 9.17) is 11.6 Å². The Bertz CT molecular complexity index is 1590. The number of para-hydroxylation sites is 1. The molecule has 36 heavy (non-hydrogen) atoms. The third-order valence-corrected chi connectivity index (χ3v) is 5.76. The van der Waals surface area contributed by atoms with Gasteiger partial charge >= 0.3 is 0 Å². The summed E-state index contributed by atoms with van der Waals surface area (Å²) in [6.45, 7) is 0.546. The Labute approximate surface area is 211 Å². The summed E-state index contributed by atoms with van der Waals surface area (Å²) >= 11 is 5.82. The van der Waals surface area contributed by atoms with E-state index in [1.54, 1.807) is 36.8 Å². The molecule has 2 aromatic carbocycles. The van der Waals surface area contributed by atoms with Crippen molar-refractivity contribution >= 4 is 40.0 Å². The fourth-order valence-corrected chi connectivity index (χ4v) is 3.82. The van der Waals surface area contributed by atoms with E-state index >= 15 is 0 Å². The summed E-state index contributed by atoms with van der Waals surface area (Å²) in [7, 11) is 0. The molecule has 0 saturated heterocycles. The Hall–Kier alpha value is -4.56. The van der Waals surface area contributed by atoms with Gasteiger partial charge in [-0.1, -0.05) is 41.9 Å². The summed E-state index contributed by atoms with van der Waals surface area (Å²) in [6, 6.07) is 22.0. The second-order valence-electron chi connectivity index (χ2n) is 8.10. The number of hydrogen-bond acceptors (Lipinski definition) is 6. The van der Waals surface area contributed by atoms with Gasteiger partial charge in [0.15, 0.2) is 0 Å². The van der Waals surface area contributed by atoms with Gasteiger partial charge in [0.1, 0.15) is 10.7 Å². The van der Waals surface area contributed by atoms with Crippen LogP contribution in [0.3, 0.4) is 0 Å². The number of hydrogen-bond donors (Lipinski definition) is 2. The first kappa shape index (κ1) is 23.2. The lowest BCUT2D eigenvalue weighted by Crippen LogP contribution is -2.32. The number of nitrogens with one attached hydrogen (secondary N) is 2. The molecule has 0 radical (unpaired) electrons. The van der Waals surface area contributed by atoms with Crippen LogP contribution in [0.1, 0.15) is 21.5 Å². The van der Waals surface area contributed by atoms with Crippen LogP contribution < -0.4 is 16.2 Å². The van der Waals surface area contributed by atoms with Crippen molar-refractivity contribution < 1.29 is 4.79 Å². The monoisotopic (exact) mass is 496 g/mol. The smallest absolute Gasteiger partial charge is 0.263 e. The van der Waals surface area contributed by atoms with Crippen LogP contribution >= 0.6 is 11.6 Å². The first-order chi connectivity index (χ1) is 17.5. The fourth-order valence-electron chi connectivity index (χ4n) is 3.71. The van der Waals surface area contributed by atoms with Gasteiger partial charge in [-0.2, -0.15) is 0 Å². The highest BCUT2D eigenvalue weighted by molar-refractivity contribution is 6.29. The fraction of sp³-hybridized carbons (Fsp3) is 0.0741. The van der Waals surface area contributed by atoms with E-state index in [2.05, 4.69) is 25.6 Å². The lowest BCUT2D eigenvalue weighted by atomic mass is 10.1. The number of carbonyl (C=O) groups excluding carboxylic acids is 1. The van der Waals surface area contributed by atoms with E-state index in [1.165, 1.54) is 10.6 Å². The topological polar surface area (TPSA) is 102 Å². The minimum atomic E-state index is -0.442. The molecule has 0 aliphatic carbocycles. The van der Waals surface area contributed by atoms with Gasteiger partial charge in [0, 0.05) is 36.2 Å². The number of halogens is 1. The van der Waals surface area contributed by atoms with Crippen LogP contribution in [0.25, 0.3) is 10.9 Å². The maximum absolute atomic E-state index is 12.9. The molecular formula is C27H21ClN6O2. The number of rotatable bonds is 7. The van der Waals surface area contributed by atoms with Gasteiger partial charge in [-0.3, -0.25) is 9.59 Å². The molecule has 3 heterocycles. The molecule has 0 atom stereocenters. The van der Waals surface area contributed by atoms with Crippen LogP contribution in [0.4, 0.5) is 11.6 Å². The number of carbonyl (C=O) groups is 1. The highest BCUT2D eigenvalue weighted by atomic mass is 35.5. The second-order valence-corrected chi connectivity index (χ2v) is 8.49. The SMILES string of the molecule is O=C(NCc1ccc2nc(Nc3ccccc3)ncc2c1)c1cccn(Cc2ccc(Cl)nc2)c1=O. The molecule has 0 unspecified atom stereocenters. The Morgan fingerprint density at radius 3 is 2.56 bits per heavy atom. The van der Waals surface area contributed by atoms with Crippen LogP contribution in [0.2, 0.25) is 5.15 Å². The summed E-state index contributed by atoms with van der Waals surface area (Å²) in [5, 5.41) is 7.23. The summed E-state index contributed by atoms with van der Waals surface area (Å²) in [6.07, 6.45) is 4.98. The minimum Gasteiger partial charge on any atom is -0.348 e. The van der Waals surface area contributed by atoms with Crippen molar-refractivity contribution in [1.29, 1.82) is 0 Å².